The number of ether oxygens (including phenoxy) is 1. The number of amides is 1. The van der Waals surface area contributed by atoms with Crippen LogP contribution in [0.5, 0.6) is 0 Å². The van der Waals surface area contributed by atoms with Crippen LogP contribution in [0.4, 0.5) is 5.69 Å². The van der Waals surface area contributed by atoms with Crippen LogP contribution in [0.1, 0.15) is 22.4 Å². The van der Waals surface area contributed by atoms with E-state index in [0.29, 0.717) is 22.0 Å². The Labute approximate surface area is 150 Å². The van der Waals surface area contributed by atoms with E-state index in [9.17, 15) is 14.9 Å². The number of carbonyl (C=O) groups is 1. The first-order chi connectivity index (χ1) is 11.9. The smallest absolute Gasteiger partial charge is 0.269 e. The first-order valence-electron chi connectivity index (χ1n) is 7.55. The van der Waals surface area contributed by atoms with E-state index in [1.807, 2.05) is 13.0 Å². The second-order valence-corrected chi connectivity index (χ2v) is 6.07. The molecule has 0 saturated carbocycles. The zero-order valence-corrected chi connectivity index (χ0v) is 15.0. The van der Waals surface area contributed by atoms with E-state index in [2.05, 4.69) is 5.32 Å². The van der Waals surface area contributed by atoms with Crippen molar-refractivity contribution in [3.8, 4) is 6.07 Å². The molecule has 0 aliphatic rings. The fraction of sp³-hybridized carbons (Fsp3) is 0.278. The monoisotopic (exact) mass is 359 g/mol. The third-order valence-electron chi connectivity index (χ3n) is 3.78. The summed E-state index contributed by atoms with van der Waals surface area (Å²) in [6.07, 6.45) is 0. The molecule has 1 amide bonds. The Bertz CT molecular complexity index is 913. The van der Waals surface area contributed by atoms with Gasteiger partial charge in [0, 0.05) is 29.1 Å². The Morgan fingerprint density at radius 2 is 2.08 bits per heavy atom. The zero-order valence-electron chi connectivity index (χ0n) is 14.2. The molecule has 1 heterocycles. The highest BCUT2D eigenvalue weighted by Crippen LogP contribution is 2.20. The van der Waals surface area contributed by atoms with Crippen molar-refractivity contribution in [2.24, 2.45) is 0 Å². The summed E-state index contributed by atoms with van der Waals surface area (Å²) in [7, 11) is 1.49. The number of aromatic nitrogens is 1. The topological polar surface area (TPSA) is 84.1 Å². The molecular weight excluding hydrogens is 342 g/mol. The summed E-state index contributed by atoms with van der Waals surface area (Å²) < 4.78 is 6.28. The van der Waals surface area contributed by atoms with Gasteiger partial charge in [0.05, 0.1) is 6.61 Å². The van der Waals surface area contributed by atoms with Gasteiger partial charge in [-0.3, -0.25) is 9.59 Å². The first-order valence-corrected chi connectivity index (χ1v) is 7.93. The van der Waals surface area contributed by atoms with Gasteiger partial charge in [0.1, 0.15) is 18.2 Å². The van der Waals surface area contributed by atoms with Crippen LogP contribution < -0.4 is 10.9 Å². The Morgan fingerprint density at radius 1 is 1.36 bits per heavy atom. The number of pyridine rings is 1. The molecule has 7 heteroatoms. The number of benzene rings is 1. The normalized spacial score (nSPS) is 10.4. The van der Waals surface area contributed by atoms with E-state index in [4.69, 9.17) is 16.3 Å². The highest BCUT2D eigenvalue weighted by atomic mass is 35.5. The molecule has 25 heavy (non-hydrogen) atoms. The van der Waals surface area contributed by atoms with Crippen LogP contribution in [0, 0.1) is 25.2 Å². The van der Waals surface area contributed by atoms with Gasteiger partial charge in [0.2, 0.25) is 5.91 Å². The molecule has 6 nitrogen and oxygen atoms in total. The van der Waals surface area contributed by atoms with Crippen molar-refractivity contribution in [2.75, 3.05) is 12.4 Å². The highest BCUT2D eigenvalue weighted by molar-refractivity contribution is 6.31. The molecule has 2 aromatic rings. The number of hydrogen-bond acceptors (Lipinski definition) is 4. The van der Waals surface area contributed by atoms with Crippen LogP contribution >= 0.6 is 11.6 Å². The van der Waals surface area contributed by atoms with Gasteiger partial charge in [-0.25, -0.2) is 0 Å². The molecule has 1 aromatic heterocycles. The van der Waals surface area contributed by atoms with Crippen molar-refractivity contribution < 1.29 is 9.53 Å². The van der Waals surface area contributed by atoms with Gasteiger partial charge < -0.3 is 14.6 Å². The summed E-state index contributed by atoms with van der Waals surface area (Å²) in [6.45, 7) is 3.52. The number of carbonyl (C=O) groups excluding carboxylic acids is 1. The van der Waals surface area contributed by atoms with E-state index >= 15 is 0 Å². The number of methoxy groups -OCH3 is 1. The van der Waals surface area contributed by atoms with Crippen molar-refractivity contribution in [3.05, 3.63) is 62.0 Å². The summed E-state index contributed by atoms with van der Waals surface area (Å²) in [6, 6.07) is 8.75. The van der Waals surface area contributed by atoms with Crippen molar-refractivity contribution >= 4 is 23.2 Å². The lowest BCUT2D eigenvalue weighted by atomic mass is 10.1. The number of nitrogens with one attached hydrogen (secondary N) is 1. The highest BCUT2D eigenvalue weighted by Gasteiger charge is 2.15. The Morgan fingerprint density at radius 3 is 2.72 bits per heavy atom. The van der Waals surface area contributed by atoms with Gasteiger partial charge in [-0.05, 0) is 37.6 Å². The standard InChI is InChI=1S/C18H18ClN3O3/c1-11-4-5-14(19)7-16(11)21-17(23)9-22-12(2)6-13(10-25-3)15(8-20)18(22)24/h4-7H,9-10H2,1-3H3,(H,21,23). The molecule has 0 aliphatic heterocycles. The fourth-order valence-electron chi connectivity index (χ4n) is 2.48. The van der Waals surface area contributed by atoms with Crippen LogP contribution in [-0.4, -0.2) is 17.6 Å². The van der Waals surface area contributed by atoms with Crippen molar-refractivity contribution in [3.63, 3.8) is 0 Å². The van der Waals surface area contributed by atoms with Crippen LogP contribution in [0.3, 0.4) is 0 Å². The predicted molar refractivity (Wildman–Crippen MR) is 95.7 cm³/mol. The second kappa shape index (κ2) is 7.97. The molecule has 1 aromatic carbocycles. The molecule has 130 valence electrons. The summed E-state index contributed by atoms with van der Waals surface area (Å²) >= 11 is 5.94. The van der Waals surface area contributed by atoms with Crippen LogP contribution in [0.25, 0.3) is 0 Å². The molecule has 0 spiro atoms. The number of halogens is 1. The van der Waals surface area contributed by atoms with E-state index in [1.54, 1.807) is 31.2 Å². The first kappa shape index (κ1) is 18.7. The van der Waals surface area contributed by atoms with Gasteiger partial charge in [-0.2, -0.15) is 5.26 Å². The van der Waals surface area contributed by atoms with Gasteiger partial charge in [0.25, 0.3) is 5.56 Å². The maximum Gasteiger partial charge on any atom is 0.269 e. The van der Waals surface area contributed by atoms with Crippen molar-refractivity contribution in [2.45, 2.75) is 27.0 Å². The quantitative estimate of drug-likeness (QED) is 0.889. The van der Waals surface area contributed by atoms with E-state index in [1.165, 1.54) is 11.7 Å². The molecule has 0 aliphatic carbocycles. The molecule has 0 atom stereocenters. The number of nitriles is 1. The minimum absolute atomic E-state index is 0.0146. The Kier molecular flexibility index (Phi) is 5.97. The number of anilines is 1. The van der Waals surface area contributed by atoms with Gasteiger partial charge in [-0.15, -0.1) is 0 Å². The van der Waals surface area contributed by atoms with E-state index in [-0.39, 0.29) is 24.6 Å². The average molecular weight is 360 g/mol. The number of nitrogens with zero attached hydrogens (tertiary/aromatic N) is 2. The lowest BCUT2D eigenvalue weighted by Crippen LogP contribution is -2.31. The molecule has 1 N–H and O–H groups in total. The lowest BCUT2D eigenvalue weighted by molar-refractivity contribution is -0.116. The molecule has 2 rings (SSSR count). The summed E-state index contributed by atoms with van der Waals surface area (Å²) in [5.41, 5.74) is 2.00. The molecule has 0 bridgehead atoms. The van der Waals surface area contributed by atoms with Crippen LogP contribution in [0.2, 0.25) is 5.02 Å². The average Bonchev–Trinajstić information content (AvgIpc) is 2.55. The second-order valence-electron chi connectivity index (χ2n) is 5.63. The van der Waals surface area contributed by atoms with Crippen LogP contribution in [-0.2, 0) is 22.7 Å². The Balaban J connectivity index is 2.31. The maximum atomic E-state index is 12.5. The van der Waals surface area contributed by atoms with Gasteiger partial charge >= 0.3 is 0 Å². The third-order valence-corrected chi connectivity index (χ3v) is 4.01. The zero-order chi connectivity index (χ0) is 18.6. The molecule has 0 unspecified atom stereocenters. The molecule has 0 fully saturated rings. The third kappa shape index (κ3) is 4.27. The summed E-state index contributed by atoms with van der Waals surface area (Å²) in [4.78, 5) is 24.8. The van der Waals surface area contributed by atoms with Crippen molar-refractivity contribution in [1.82, 2.24) is 4.57 Å². The van der Waals surface area contributed by atoms with Gasteiger partial charge in [0.15, 0.2) is 0 Å². The number of rotatable bonds is 5. The summed E-state index contributed by atoms with van der Waals surface area (Å²) in [5.74, 6) is -0.376. The van der Waals surface area contributed by atoms with E-state index in [0.717, 1.165) is 5.56 Å². The Hall–Kier alpha value is -2.62. The lowest BCUT2D eigenvalue weighted by Gasteiger charge is -2.14. The van der Waals surface area contributed by atoms with E-state index < -0.39 is 5.56 Å². The summed E-state index contributed by atoms with van der Waals surface area (Å²) in [5, 5.41) is 12.5. The van der Waals surface area contributed by atoms with Gasteiger partial charge in [-0.1, -0.05) is 17.7 Å². The number of aryl methyl sites for hydroxylation is 2. The SMILES string of the molecule is COCc1cc(C)n(CC(=O)Nc2cc(Cl)ccc2C)c(=O)c1C#N. The number of hydrogen-bond donors (Lipinski definition) is 1. The molecular formula is C18H18ClN3O3. The predicted octanol–water partition coefficient (Wildman–Crippen LogP) is 2.78. The van der Waals surface area contributed by atoms with Crippen molar-refractivity contribution in [1.29, 1.82) is 5.26 Å². The molecule has 0 radical (unpaired) electrons. The fourth-order valence-corrected chi connectivity index (χ4v) is 2.65. The van der Waals surface area contributed by atoms with Crippen LogP contribution in [0.15, 0.2) is 29.1 Å². The molecule has 0 saturated heterocycles. The minimum atomic E-state index is -0.507. The largest absolute Gasteiger partial charge is 0.380 e. The maximum absolute atomic E-state index is 12.5. The minimum Gasteiger partial charge on any atom is -0.380 e.